The second-order valence-electron chi connectivity index (χ2n) is 8.18. The Hall–Kier alpha value is -1.83. The molecule has 0 amide bonds. The summed E-state index contributed by atoms with van der Waals surface area (Å²) in [5, 5.41) is 8.72. The molecule has 0 saturated heterocycles. The van der Waals surface area contributed by atoms with Crippen molar-refractivity contribution in [3.63, 3.8) is 0 Å². The first kappa shape index (κ1) is 21.2. The molecule has 2 heteroatoms. The van der Waals surface area contributed by atoms with E-state index in [1.807, 2.05) is 18.2 Å². The van der Waals surface area contributed by atoms with Crippen LogP contribution in [-0.2, 0) is 4.79 Å². The summed E-state index contributed by atoms with van der Waals surface area (Å²) in [6, 6.07) is 0. The van der Waals surface area contributed by atoms with Crippen LogP contribution in [0.4, 0.5) is 0 Å². The summed E-state index contributed by atoms with van der Waals surface area (Å²) in [5.74, 6) is -0.220. The van der Waals surface area contributed by atoms with Gasteiger partial charge < -0.3 is 5.11 Å². The molecule has 1 aliphatic carbocycles. The summed E-state index contributed by atoms with van der Waals surface area (Å²) in [6.45, 7) is 13.2. The summed E-state index contributed by atoms with van der Waals surface area (Å²) in [5.41, 5.74) is 5.26. The molecule has 138 valence electrons. The summed E-state index contributed by atoms with van der Waals surface area (Å²) >= 11 is 0. The van der Waals surface area contributed by atoms with E-state index >= 15 is 0 Å². The monoisotopic (exact) mass is 342 g/mol. The summed E-state index contributed by atoms with van der Waals surface area (Å²) in [7, 11) is 0. The largest absolute Gasteiger partial charge is 0.478 e. The van der Waals surface area contributed by atoms with Crippen molar-refractivity contribution in [2.75, 3.05) is 0 Å². The van der Waals surface area contributed by atoms with Gasteiger partial charge in [0.1, 0.15) is 0 Å². The number of allylic oxidation sites excluding steroid dienone is 9. The van der Waals surface area contributed by atoms with Gasteiger partial charge in [0.05, 0.1) is 0 Å². The quantitative estimate of drug-likeness (QED) is 0.416. The number of carboxylic acid groups (broad SMARTS) is 1. The van der Waals surface area contributed by atoms with E-state index in [0.29, 0.717) is 5.92 Å². The van der Waals surface area contributed by atoms with Crippen molar-refractivity contribution in [2.45, 2.75) is 67.2 Å². The van der Waals surface area contributed by atoms with Gasteiger partial charge in [-0.2, -0.15) is 0 Å². The predicted octanol–water partition coefficient (Wildman–Crippen LogP) is 6.63. The highest BCUT2D eigenvalue weighted by Gasteiger charge is 2.28. The van der Waals surface area contributed by atoms with Crippen molar-refractivity contribution in [3.05, 3.63) is 58.7 Å². The van der Waals surface area contributed by atoms with E-state index in [4.69, 9.17) is 5.11 Å². The van der Waals surface area contributed by atoms with Gasteiger partial charge in [0.25, 0.3) is 0 Å². The van der Waals surface area contributed by atoms with E-state index in [9.17, 15) is 4.79 Å². The minimum atomic E-state index is -0.910. The SMILES string of the molecule is CC(/C=C/C1=C(CC(C)C)CCCC1(C)C)=C\C=C\C(C)=C\C(=O)O. The fraction of sp³-hybridized carbons (Fsp3) is 0.522. The average Bonchev–Trinajstić information content (AvgIpc) is 2.44. The van der Waals surface area contributed by atoms with Gasteiger partial charge in [-0.1, -0.05) is 69.2 Å². The molecule has 0 aromatic heterocycles. The molecule has 2 nitrogen and oxygen atoms in total. The molecule has 1 rings (SSSR count). The normalized spacial score (nSPS) is 19.5. The van der Waals surface area contributed by atoms with Gasteiger partial charge >= 0.3 is 5.97 Å². The molecule has 0 spiro atoms. The average molecular weight is 343 g/mol. The standard InChI is InChI=1S/C23H34O2/c1-17(2)15-20-11-8-14-23(5,6)21(20)13-12-18(3)9-7-10-19(4)16-22(24)25/h7,9-10,12-13,16-17H,8,11,14-15H2,1-6H3,(H,24,25)/b10-7+,13-12+,18-9+,19-16+. The number of hydrogen-bond acceptors (Lipinski definition) is 1. The van der Waals surface area contributed by atoms with E-state index in [2.05, 4.69) is 46.8 Å². The Labute approximate surface area is 153 Å². The van der Waals surface area contributed by atoms with E-state index in [1.165, 1.54) is 37.3 Å². The molecule has 0 radical (unpaired) electrons. The number of carboxylic acids is 1. The molecule has 0 aromatic carbocycles. The van der Waals surface area contributed by atoms with Crippen molar-refractivity contribution in [2.24, 2.45) is 11.3 Å². The lowest BCUT2D eigenvalue weighted by Crippen LogP contribution is -2.20. The molecule has 25 heavy (non-hydrogen) atoms. The Balaban J connectivity index is 2.95. The van der Waals surface area contributed by atoms with Crippen LogP contribution in [0.2, 0.25) is 0 Å². The van der Waals surface area contributed by atoms with Crippen LogP contribution in [0.15, 0.2) is 58.7 Å². The van der Waals surface area contributed by atoms with Crippen LogP contribution in [0.3, 0.4) is 0 Å². The van der Waals surface area contributed by atoms with E-state index in [1.54, 1.807) is 12.5 Å². The zero-order valence-corrected chi connectivity index (χ0v) is 16.7. The van der Waals surface area contributed by atoms with E-state index < -0.39 is 5.97 Å². The highest BCUT2D eigenvalue weighted by Crippen LogP contribution is 2.42. The summed E-state index contributed by atoms with van der Waals surface area (Å²) in [6.07, 6.45) is 16.4. The Morgan fingerprint density at radius 1 is 1.20 bits per heavy atom. The molecule has 0 fully saturated rings. The molecule has 0 aliphatic heterocycles. The summed E-state index contributed by atoms with van der Waals surface area (Å²) in [4.78, 5) is 10.6. The highest BCUT2D eigenvalue weighted by atomic mass is 16.4. The van der Waals surface area contributed by atoms with Crippen molar-refractivity contribution in [3.8, 4) is 0 Å². The first-order valence-electron chi connectivity index (χ1n) is 9.28. The molecule has 0 saturated carbocycles. The van der Waals surface area contributed by atoms with Crippen LogP contribution in [-0.4, -0.2) is 11.1 Å². The van der Waals surface area contributed by atoms with Gasteiger partial charge in [-0.25, -0.2) is 4.79 Å². The van der Waals surface area contributed by atoms with Gasteiger partial charge in [-0.3, -0.25) is 0 Å². The first-order chi connectivity index (χ1) is 11.6. The van der Waals surface area contributed by atoms with Crippen LogP contribution in [0, 0.1) is 11.3 Å². The van der Waals surface area contributed by atoms with Crippen LogP contribution < -0.4 is 0 Å². The van der Waals surface area contributed by atoms with Crippen LogP contribution in [0.5, 0.6) is 0 Å². The predicted molar refractivity (Wildman–Crippen MR) is 108 cm³/mol. The molecular weight excluding hydrogens is 308 g/mol. The lowest BCUT2D eigenvalue weighted by Gasteiger charge is -2.34. The minimum Gasteiger partial charge on any atom is -0.478 e. The second-order valence-corrected chi connectivity index (χ2v) is 8.18. The van der Waals surface area contributed by atoms with Gasteiger partial charge in [0, 0.05) is 6.08 Å². The van der Waals surface area contributed by atoms with E-state index in [0.717, 1.165) is 11.1 Å². The smallest absolute Gasteiger partial charge is 0.328 e. The Bertz CT molecular complexity index is 622. The third kappa shape index (κ3) is 7.72. The van der Waals surface area contributed by atoms with Crippen molar-refractivity contribution in [1.29, 1.82) is 0 Å². The van der Waals surface area contributed by atoms with E-state index in [-0.39, 0.29) is 5.41 Å². The van der Waals surface area contributed by atoms with Crippen LogP contribution in [0.1, 0.15) is 67.2 Å². The van der Waals surface area contributed by atoms with Crippen molar-refractivity contribution in [1.82, 2.24) is 0 Å². The minimum absolute atomic E-state index is 0.246. The Morgan fingerprint density at radius 2 is 1.88 bits per heavy atom. The third-order valence-electron chi connectivity index (χ3n) is 4.63. The maximum absolute atomic E-state index is 10.6. The first-order valence-corrected chi connectivity index (χ1v) is 9.28. The van der Waals surface area contributed by atoms with Gasteiger partial charge in [-0.05, 0) is 62.0 Å². The Kier molecular flexibility index (Phi) is 8.15. The third-order valence-corrected chi connectivity index (χ3v) is 4.63. The topological polar surface area (TPSA) is 37.3 Å². The fourth-order valence-corrected chi connectivity index (χ4v) is 3.40. The molecule has 0 bridgehead atoms. The lowest BCUT2D eigenvalue weighted by atomic mass is 9.71. The molecular formula is C23H34O2. The van der Waals surface area contributed by atoms with Crippen LogP contribution in [0.25, 0.3) is 0 Å². The zero-order chi connectivity index (χ0) is 19.0. The van der Waals surface area contributed by atoms with Crippen molar-refractivity contribution < 1.29 is 9.90 Å². The Morgan fingerprint density at radius 3 is 2.48 bits per heavy atom. The van der Waals surface area contributed by atoms with Gasteiger partial charge in [0.2, 0.25) is 0 Å². The maximum atomic E-state index is 10.6. The molecule has 0 atom stereocenters. The van der Waals surface area contributed by atoms with Gasteiger partial charge in [0.15, 0.2) is 0 Å². The molecule has 0 aromatic rings. The second kappa shape index (κ2) is 9.60. The highest BCUT2D eigenvalue weighted by molar-refractivity contribution is 5.81. The molecule has 0 unspecified atom stereocenters. The van der Waals surface area contributed by atoms with Crippen molar-refractivity contribution >= 4 is 5.97 Å². The zero-order valence-electron chi connectivity index (χ0n) is 16.7. The molecule has 0 heterocycles. The lowest BCUT2D eigenvalue weighted by molar-refractivity contribution is -0.131. The summed E-state index contributed by atoms with van der Waals surface area (Å²) < 4.78 is 0. The number of carbonyl (C=O) groups is 1. The van der Waals surface area contributed by atoms with Gasteiger partial charge in [-0.15, -0.1) is 0 Å². The fourth-order valence-electron chi connectivity index (χ4n) is 3.40. The number of aliphatic carboxylic acids is 1. The molecule has 1 aliphatic rings. The maximum Gasteiger partial charge on any atom is 0.328 e. The molecule has 1 N–H and O–H groups in total. The number of rotatable bonds is 7. The number of hydrogen-bond donors (Lipinski definition) is 1. The van der Waals surface area contributed by atoms with Crippen LogP contribution >= 0.6 is 0 Å².